The highest BCUT2D eigenvalue weighted by atomic mass is 32.2. The zero-order chi connectivity index (χ0) is 14.1. The van der Waals surface area contributed by atoms with E-state index >= 15 is 0 Å². The van der Waals surface area contributed by atoms with E-state index in [-0.39, 0.29) is 11.9 Å². The number of hydrogen-bond acceptors (Lipinski definition) is 3. The van der Waals surface area contributed by atoms with Gasteiger partial charge in [-0.15, -0.1) is 11.8 Å². The predicted octanol–water partition coefficient (Wildman–Crippen LogP) is 2.86. The lowest BCUT2D eigenvalue weighted by molar-refractivity contribution is -0.122. The Balaban J connectivity index is 1.78. The van der Waals surface area contributed by atoms with Crippen molar-refractivity contribution in [3.05, 3.63) is 24.3 Å². The lowest BCUT2D eigenvalue weighted by Gasteiger charge is -2.40. The average molecular weight is 290 g/mol. The SMILES string of the molecule is CSc1ccccc1N1C(=O)CN(CC2CC2)CC1C. The minimum absolute atomic E-state index is 0.242. The van der Waals surface area contributed by atoms with Gasteiger partial charge in [-0.05, 0) is 44.1 Å². The molecular formula is C16H22N2OS. The fourth-order valence-corrected chi connectivity index (χ4v) is 3.63. The van der Waals surface area contributed by atoms with Crippen LogP contribution in [-0.2, 0) is 4.79 Å². The Kier molecular flexibility index (Phi) is 4.03. The number of nitrogens with zero attached hydrogens (tertiary/aromatic N) is 2. The number of para-hydroxylation sites is 1. The normalized spacial score (nSPS) is 24.2. The Morgan fingerprint density at radius 1 is 1.30 bits per heavy atom. The molecule has 1 amide bonds. The van der Waals surface area contributed by atoms with Crippen LogP contribution in [0, 0.1) is 5.92 Å². The molecule has 1 aromatic rings. The fraction of sp³-hybridized carbons (Fsp3) is 0.562. The number of carbonyl (C=O) groups excluding carboxylic acids is 1. The number of benzene rings is 1. The van der Waals surface area contributed by atoms with Crippen molar-refractivity contribution in [1.29, 1.82) is 0 Å². The van der Waals surface area contributed by atoms with Gasteiger partial charge in [0, 0.05) is 24.0 Å². The summed E-state index contributed by atoms with van der Waals surface area (Å²) in [6.45, 7) is 4.83. The van der Waals surface area contributed by atoms with Crippen LogP contribution in [0.15, 0.2) is 29.2 Å². The first-order valence-corrected chi connectivity index (χ1v) is 8.59. The molecule has 2 aliphatic rings. The summed E-state index contributed by atoms with van der Waals surface area (Å²) >= 11 is 1.71. The van der Waals surface area contributed by atoms with Crippen molar-refractivity contribution in [3.63, 3.8) is 0 Å². The molecule has 108 valence electrons. The van der Waals surface area contributed by atoms with Crippen LogP contribution in [0.2, 0.25) is 0 Å². The second-order valence-corrected chi connectivity index (χ2v) is 6.77. The highest BCUT2D eigenvalue weighted by Crippen LogP contribution is 2.33. The molecule has 1 saturated carbocycles. The largest absolute Gasteiger partial charge is 0.306 e. The van der Waals surface area contributed by atoms with Crippen molar-refractivity contribution in [1.82, 2.24) is 4.90 Å². The van der Waals surface area contributed by atoms with Gasteiger partial charge in [0.1, 0.15) is 0 Å². The van der Waals surface area contributed by atoms with Crippen molar-refractivity contribution in [2.24, 2.45) is 5.92 Å². The molecule has 0 bridgehead atoms. The molecule has 0 radical (unpaired) electrons. The molecule has 1 aliphatic carbocycles. The van der Waals surface area contributed by atoms with Gasteiger partial charge in [-0.2, -0.15) is 0 Å². The van der Waals surface area contributed by atoms with E-state index in [1.54, 1.807) is 11.8 Å². The minimum atomic E-state index is 0.242. The van der Waals surface area contributed by atoms with Crippen molar-refractivity contribution in [2.75, 3.05) is 30.8 Å². The zero-order valence-corrected chi connectivity index (χ0v) is 13.0. The molecule has 0 aromatic heterocycles. The van der Waals surface area contributed by atoms with Crippen LogP contribution in [0.3, 0.4) is 0 Å². The standard InChI is InChI=1S/C16H22N2OS/c1-12-9-17(10-13-7-8-13)11-16(19)18(12)14-5-3-4-6-15(14)20-2/h3-6,12-13H,7-11H2,1-2H3. The Bertz CT molecular complexity index is 501. The number of rotatable bonds is 4. The maximum Gasteiger partial charge on any atom is 0.241 e. The number of carbonyl (C=O) groups is 1. The zero-order valence-electron chi connectivity index (χ0n) is 12.2. The molecule has 1 unspecified atom stereocenters. The van der Waals surface area contributed by atoms with Gasteiger partial charge < -0.3 is 4.90 Å². The summed E-state index contributed by atoms with van der Waals surface area (Å²) < 4.78 is 0. The molecule has 4 heteroatoms. The Morgan fingerprint density at radius 3 is 2.70 bits per heavy atom. The van der Waals surface area contributed by atoms with Gasteiger partial charge in [0.2, 0.25) is 5.91 Å². The van der Waals surface area contributed by atoms with Crippen molar-refractivity contribution < 1.29 is 4.79 Å². The molecule has 1 saturated heterocycles. The summed E-state index contributed by atoms with van der Waals surface area (Å²) in [5.41, 5.74) is 1.07. The third-order valence-electron chi connectivity index (χ3n) is 4.15. The summed E-state index contributed by atoms with van der Waals surface area (Å²) in [4.78, 5) is 18.1. The number of anilines is 1. The Hall–Kier alpha value is -1.00. The van der Waals surface area contributed by atoms with Crippen LogP contribution in [-0.4, -0.2) is 42.7 Å². The molecule has 0 spiro atoms. The van der Waals surface area contributed by atoms with Crippen molar-refractivity contribution >= 4 is 23.4 Å². The Labute approximate surface area is 125 Å². The molecule has 2 fully saturated rings. The van der Waals surface area contributed by atoms with E-state index in [0.717, 1.165) is 24.7 Å². The summed E-state index contributed by atoms with van der Waals surface area (Å²) in [6.07, 6.45) is 4.76. The molecular weight excluding hydrogens is 268 g/mol. The third kappa shape index (κ3) is 2.86. The van der Waals surface area contributed by atoms with E-state index in [9.17, 15) is 4.79 Å². The highest BCUT2D eigenvalue weighted by molar-refractivity contribution is 7.98. The van der Waals surface area contributed by atoms with Gasteiger partial charge in [0.25, 0.3) is 0 Å². The fourth-order valence-electron chi connectivity index (χ4n) is 3.04. The topological polar surface area (TPSA) is 23.6 Å². The van der Waals surface area contributed by atoms with Crippen LogP contribution in [0.5, 0.6) is 0 Å². The second kappa shape index (κ2) is 5.78. The minimum Gasteiger partial charge on any atom is -0.306 e. The lowest BCUT2D eigenvalue weighted by atomic mass is 10.1. The van der Waals surface area contributed by atoms with Crippen molar-refractivity contribution in [2.45, 2.75) is 30.7 Å². The van der Waals surface area contributed by atoms with E-state index in [1.807, 2.05) is 17.0 Å². The number of hydrogen-bond donors (Lipinski definition) is 0. The first-order chi connectivity index (χ1) is 9.69. The second-order valence-electron chi connectivity index (χ2n) is 5.92. The van der Waals surface area contributed by atoms with Gasteiger partial charge >= 0.3 is 0 Å². The van der Waals surface area contributed by atoms with Gasteiger partial charge in [0.15, 0.2) is 0 Å². The molecule has 20 heavy (non-hydrogen) atoms. The molecule has 3 rings (SSSR count). The molecule has 3 nitrogen and oxygen atoms in total. The molecule has 1 atom stereocenters. The van der Waals surface area contributed by atoms with E-state index in [2.05, 4.69) is 30.2 Å². The predicted molar refractivity (Wildman–Crippen MR) is 84.3 cm³/mol. The number of amides is 1. The van der Waals surface area contributed by atoms with E-state index in [1.165, 1.54) is 17.7 Å². The smallest absolute Gasteiger partial charge is 0.241 e. The summed E-state index contributed by atoms with van der Waals surface area (Å²) in [5, 5.41) is 0. The third-order valence-corrected chi connectivity index (χ3v) is 4.93. The van der Waals surface area contributed by atoms with Crippen LogP contribution < -0.4 is 4.90 Å². The van der Waals surface area contributed by atoms with Crippen LogP contribution in [0.1, 0.15) is 19.8 Å². The van der Waals surface area contributed by atoms with E-state index in [4.69, 9.17) is 0 Å². The number of piperazine rings is 1. The van der Waals surface area contributed by atoms with Gasteiger partial charge in [-0.25, -0.2) is 0 Å². The monoisotopic (exact) mass is 290 g/mol. The van der Waals surface area contributed by atoms with Crippen LogP contribution in [0.4, 0.5) is 5.69 Å². The maximum atomic E-state index is 12.6. The van der Waals surface area contributed by atoms with Gasteiger partial charge in [-0.1, -0.05) is 12.1 Å². The van der Waals surface area contributed by atoms with Crippen molar-refractivity contribution in [3.8, 4) is 0 Å². The van der Waals surface area contributed by atoms with E-state index < -0.39 is 0 Å². The Morgan fingerprint density at radius 2 is 2.05 bits per heavy atom. The first kappa shape index (κ1) is 14.0. The van der Waals surface area contributed by atoms with Gasteiger partial charge in [0.05, 0.1) is 12.2 Å². The molecule has 0 N–H and O–H groups in total. The average Bonchev–Trinajstić information content (AvgIpc) is 3.22. The first-order valence-electron chi connectivity index (χ1n) is 7.36. The van der Waals surface area contributed by atoms with Gasteiger partial charge in [-0.3, -0.25) is 9.69 Å². The lowest BCUT2D eigenvalue weighted by Crippen LogP contribution is -2.56. The maximum absolute atomic E-state index is 12.6. The van der Waals surface area contributed by atoms with Crippen LogP contribution >= 0.6 is 11.8 Å². The molecule has 1 heterocycles. The number of thioether (sulfide) groups is 1. The molecule has 1 aliphatic heterocycles. The summed E-state index contributed by atoms with van der Waals surface area (Å²) in [6, 6.07) is 8.47. The quantitative estimate of drug-likeness (QED) is 0.797. The summed E-state index contributed by atoms with van der Waals surface area (Å²) in [7, 11) is 0. The summed E-state index contributed by atoms with van der Waals surface area (Å²) in [5.74, 6) is 1.09. The molecule has 1 aromatic carbocycles. The van der Waals surface area contributed by atoms with E-state index in [0.29, 0.717) is 6.54 Å². The van der Waals surface area contributed by atoms with Crippen LogP contribution in [0.25, 0.3) is 0 Å². The highest BCUT2D eigenvalue weighted by Gasteiger charge is 2.34.